The highest BCUT2D eigenvalue weighted by atomic mass is 32.1. The Hall–Kier alpha value is -3.20. The smallest absolute Gasteiger partial charge is 0.342 e. The molecule has 0 bridgehead atoms. The van der Waals surface area contributed by atoms with Gasteiger partial charge in [-0.1, -0.05) is 12.1 Å². The summed E-state index contributed by atoms with van der Waals surface area (Å²) in [6, 6.07) is 6.45. The molecule has 0 fully saturated rings. The lowest BCUT2D eigenvalue weighted by Gasteiger charge is -2.09. The molecule has 0 unspecified atom stereocenters. The number of carbonyl (C=O) groups excluding carboxylic acids is 4. The van der Waals surface area contributed by atoms with E-state index in [1.54, 1.807) is 32.0 Å². The van der Waals surface area contributed by atoms with Crippen molar-refractivity contribution < 1.29 is 33.4 Å². The van der Waals surface area contributed by atoms with E-state index in [2.05, 4.69) is 5.32 Å². The topological polar surface area (TPSA) is 108 Å². The predicted molar refractivity (Wildman–Crippen MR) is 107 cm³/mol. The number of nitrogens with one attached hydrogen (secondary N) is 1. The van der Waals surface area contributed by atoms with Gasteiger partial charge in [-0.3, -0.25) is 9.59 Å². The van der Waals surface area contributed by atoms with Crippen LogP contribution in [0.25, 0.3) is 0 Å². The summed E-state index contributed by atoms with van der Waals surface area (Å²) < 4.78 is 15.1. The number of anilines is 1. The summed E-state index contributed by atoms with van der Waals surface area (Å²) in [6.07, 6.45) is 0. The fourth-order valence-electron chi connectivity index (χ4n) is 2.57. The molecule has 0 saturated carbocycles. The number of carbonyl (C=O) groups is 4. The quantitative estimate of drug-likeness (QED) is 0.517. The van der Waals surface area contributed by atoms with E-state index in [9.17, 15) is 19.2 Å². The molecule has 154 valence electrons. The maximum atomic E-state index is 12.3. The zero-order chi connectivity index (χ0) is 21.6. The van der Waals surface area contributed by atoms with Gasteiger partial charge in [0.05, 0.1) is 24.2 Å². The van der Waals surface area contributed by atoms with Crippen LogP contribution in [0.4, 0.5) is 5.00 Å². The van der Waals surface area contributed by atoms with Gasteiger partial charge in [-0.05, 0) is 38.5 Å². The molecule has 0 aliphatic heterocycles. The summed E-state index contributed by atoms with van der Waals surface area (Å²) in [4.78, 5) is 48.9. The lowest BCUT2D eigenvalue weighted by atomic mass is 10.1. The number of benzene rings is 1. The maximum absolute atomic E-state index is 12.3. The molecule has 1 aromatic heterocycles. The Kier molecular flexibility index (Phi) is 7.49. The molecule has 2 rings (SSSR count). The van der Waals surface area contributed by atoms with Gasteiger partial charge in [0.15, 0.2) is 12.4 Å². The van der Waals surface area contributed by atoms with Crippen molar-refractivity contribution in [3.05, 3.63) is 45.8 Å². The third-order valence-electron chi connectivity index (χ3n) is 3.86. The van der Waals surface area contributed by atoms with E-state index in [-0.39, 0.29) is 28.5 Å². The first-order chi connectivity index (χ1) is 13.8. The minimum Gasteiger partial charge on any atom is -0.496 e. The van der Waals surface area contributed by atoms with Crippen molar-refractivity contribution in [1.82, 2.24) is 0 Å². The molecule has 8 nitrogen and oxygen atoms in total. The van der Waals surface area contributed by atoms with Gasteiger partial charge in [0.25, 0.3) is 5.91 Å². The van der Waals surface area contributed by atoms with Crippen LogP contribution in [0.3, 0.4) is 0 Å². The van der Waals surface area contributed by atoms with Crippen molar-refractivity contribution in [1.29, 1.82) is 0 Å². The average Bonchev–Trinajstić information content (AvgIpc) is 3.02. The van der Waals surface area contributed by atoms with Gasteiger partial charge in [0.2, 0.25) is 0 Å². The molecular weight excluding hydrogens is 398 g/mol. The standard InChI is InChI=1S/C20H21NO7S/c1-5-27-20(25)16-11(2)17(12(3)22)29-18(16)21-15(23)10-28-19(24)13-8-6-7-9-14(13)26-4/h6-9H,5,10H2,1-4H3,(H,21,23). The van der Waals surface area contributed by atoms with Gasteiger partial charge in [-0.15, -0.1) is 11.3 Å². The Balaban J connectivity index is 2.14. The van der Waals surface area contributed by atoms with Gasteiger partial charge in [-0.25, -0.2) is 9.59 Å². The molecule has 0 aliphatic rings. The van der Waals surface area contributed by atoms with Crippen LogP contribution in [-0.4, -0.2) is 44.0 Å². The molecule has 1 heterocycles. The van der Waals surface area contributed by atoms with Crippen molar-refractivity contribution in [3.8, 4) is 5.75 Å². The summed E-state index contributed by atoms with van der Waals surface area (Å²) in [5.74, 6) is -1.94. The van der Waals surface area contributed by atoms with Crippen LogP contribution in [-0.2, 0) is 14.3 Å². The lowest BCUT2D eigenvalue weighted by Crippen LogP contribution is -2.22. The Labute approximate surface area is 171 Å². The Morgan fingerprint density at radius 2 is 1.76 bits per heavy atom. The number of thiophene rings is 1. The van der Waals surface area contributed by atoms with Crippen molar-refractivity contribution in [3.63, 3.8) is 0 Å². The van der Waals surface area contributed by atoms with Crippen molar-refractivity contribution in [2.45, 2.75) is 20.8 Å². The normalized spacial score (nSPS) is 10.2. The van der Waals surface area contributed by atoms with Crippen LogP contribution < -0.4 is 10.1 Å². The van der Waals surface area contributed by atoms with Gasteiger partial charge in [-0.2, -0.15) is 0 Å². The van der Waals surface area contributed by atoms with Gasteiger partial charge in [0, 0.05) is 0 Å². The van der Waals surface area contributed by atoms with Crippen LogP contribution in [0.15, 0.2) is 24.3 Å². The molecule has 1 aromatic carbocycles. The number of ether oxygens (including phenoxy) is 3. The number of amides is 1. The average molecular weight is 419 g/mol. The zero-order valence-corrected chi connectivity index (χ0v) is 17.3. The van der Waals surface area contributed by atoms with Crippen molar-refractivity contribution in [2.75, 3.05) is 25.6 Å². The second-order valence-corrected chi connectivity index (χ2v) is 6.88. The maximum Gasteiger partial charge on any atom is 0.342 e. The third-order valence-corrected chi connectivity index (χ3v) is 5.17. The number of methoxy groups -OCH3 is 1. The third kappa shape index (κ3) is 5.20. The molecule has 0 spiro atoms. The molecule has 0 saturated heterocycles. The first-order valence-electron chi connectivity index (χ1n) is 8.71. The second kappa shape index (κ2) is 9.83. The van der Waals surface area contributed by atoms with Gasteiger partial charge < -0.3 is 19.5 Å². The van der Waals surface area contributed by atoms with E-state index in [0.29, 0.717) is 16.2 Å². The molecule has 1 amide bonds. The van der Waals surface area contributed by atoms with Crippen LogP contribution in [0.1, 0.15) is 49.8 Å². The SMILES string of the molecule is CCOC(=O)c1c(NC(=O)COC(=O)c2ccccc2OC)sc(C(C)=O)c1C. The Morgan fingerprint density at radius 1 is 1.07 bits per heavy atom. The molecule has 0 radical (unpaired) electrons. The fourth-order valence-corrected chi connectivity index (χ4v) is 3.68. The summed E-state index contributed by atoms with van der Waals surface area (Å²) in [7, 11) is 1.42. The number of para-hydroxylation sites is 1. The second-order valence-electron chi connectivity index (χ2n) is 5.86. The first kappa shape index (κ1) is 22.1. The minimum absolute atomic E-state index is 0.117. The van der Waals surface area contributed by atoms with E-state index in [0.717, 1.165) is 11.3 Å². The molecule has 29 heavy (non-hydrogen) atoms. The monoisotopic (exact) mass is 419 g/mol. The van der Waals surface area contributed by atoms with Crippen LogP contribution >= 0.6 is 11.3 Å². The summed E-state index contributed by atoms with van der Waals surface area (Å²) in [6.45, 7) is 4.20. The molecule has 0 atom stereocenters. The Bertz CT molecular complexity index is 948. The molecular formula is C20H21NO7S. The van der Waals surface area contributed by atoms with E-state index in [1.165, 1.54) is 20.1 Å². The van der Waals surface area contributed by atoms with E-state index >= 15 is 0 Å². The van der Waals surface area contributed by atoms with Crippen molar-refractivity contribution >= 4 is 40.0 Å². The van der Waals surface area contributed by atoms with Crippen LogP contribution in [0.5, 0.6) is 5.75 Å². The first-order valence-corrected chi connectivity index (χ1v) is 9.53. The highest BCUT2D eigenvalue weighted by Crippen LogP contribution is 2.34. The van der Waals surface area contributed by atoms with Gasteiger partial charge in [0.1, 0.15) is 16.3 Å². The number of hydrogen-bond donors (Lipinski definition) is 1. The van der Waals surface area contributed by atoms with E-state index in [1.807, 2.05) is 0 Å². The summed E-state index contributed by atoms with van der Waals surface area (Å²) in [5, 5.41) is 2.69. The highest BCUT2D eigenvalue weighted by Gasteiger charge is 2.25. The molecule has 2 aromatic rings. The number of ketones is 1. The fraction of sp³-hybridized carbons (Fsp3) is 0.300. The molecule has 0 aliphatic carbocycles. The summed E-state index contributed by atoms with van der Waals surface area (Å²) in [5.41, 5.74) is 0.731. The number of rotatable bonds is 8. The van der Waals surface area contributed by atoms with Crippen LogP contribution in [0, 0.1) is 6.92 Å². The highest BCUT2D eigenvalue weighted by molar-refractivity contribution is 7.18. The zero-order valence-electron chi connectivity index (χ0n) is 16.5. The number of esters is 2. The predicted octanol–water partition coefficient (Wildman–Crippen LogP) is 3.24. The van der Waals surface area contributed by atoms with E-state index < -0.39 is 24.5 Å². The van der Waals surface area contributed by atoms with E-state index in [4.69, 9.17) is 14.2 Å². The largest absolute Gasteiger partial charge is 0.496 e. The van der Waals surface area contributed by atoms with Crippen LogP contribution in [0.2, 0.25) is 0 Å². The molecule has 1 N–H and O–H groups in total. The lowest BCUT2D eigenvalue weighted by molar-refractivity contribution is -0.119. The van der Waals surface area contributed by atoms with Gasteiger partial charge >= 0.3 is 11.9 Å². The molecule has 9 heteroatoms. The number of Topliss-reactive ketones (excluding diaryl/α,β-unsaturated/α-hetero) is 1. The van der Waals surface area contributed by atoms with Crippen molar-refractivity contribution in [2.24, 2.45) is 0 Å². The number of hydrogen-bond acceptors (Lipinski definition) is 8. The summed E-state index contributed by atoms with van der Waals surface area (Å²) >= 11 is 0.971. The Morgan fingerprint density at radius 3 is 2.38 bits per heavy atom. The minimum atomic E-state index is -0.727.